The fraction of sp³-hybridized carbons (Fsp3) is 0.111. The van der Waals surface area contributed by atoms with Gasteiger partial charge in [0.25, 0.3) is 5.89 Å². The molecule has 0 fully saturated rings. The molecule has 0 amide bonds. The number of hydrogen-bond acceptors (Lipinski definition) is 5. The molecule has 2 heterocycles. The summed E-state index contributed by atoms with van der Waals surface area (Å²) < 4.78 is 20.3. The van der Waals surface area contributed by atoms with E-state index in [2.05, 4.69) is 20.5 Å². The predicted molar refractivity (Wildman–Crippen MR) is 89.0 cm³/mol. The summed E-state index contributed by atoms with van der Waals surface area (Å²) in [4.78, 5) is 4.39. The van der Waals surface area contributed by atoms with E-state index in [0.717, 1.165) is 16.8 Å². The van der Waals surface area contributed by atoms with Crippen LogP contribution in [0, 0.1) is 12.7 Å². The topological polar surface area (TPSA) is 69.6 Å². The molecule has 2 aromatic carbocycles. The van der Waals surface area contributed by atoms with Crippen molar-refractivity contribution in [3.05, 3.63) is 71.7 Å². The molecule has 0 saturated carbocycles. The molecular weight excluding hydrogens is 321 g/mol. The lowest BCUT2D eigenvalue weighted by atomic mass is 10.2. The fourth-order valence-electron chi connectivity index (χ4n) is 2.54. The van der Waals surface area contributed by atoms with E-state index in [1.165, 1.54) is 12.1 Å². The molecule has 0 bridgehead atoms. The summed E-state index contributed by atoms with van der Waals surface area (Å²) in [5, 5.41) is 12.3. The van der Waals surface area contributed by atoms with E-state index >= 15 is 0 Å². The Morgan fingerprint density at radius 3 is 2.72 bits per heavy atom. The first-order valence-electron chi connectivity index (χ1n) is 7.75. The molecule has 6 nitrogen and oxygen atoms in total. The lowest BCUT2D eigenvalue weighted by Gasteiger charge is -2.03. The molecule has 4 rings (SSSR count). The number of nitrogens with zero attached hydrogens (tertiary/aromatic N) is 5. The van der Waals surface area contributed by atoms with Crippen molar-refractivity contribution < 1.29 is 8.91 Å². The highest BCUT2D eigenvalue weighted by molar-refractivity contribution is 5.58. The van der Waals surface area contributed by atoms with E-state index in [0.29, 0.717) is 24.0 Å². The molecular formula is C18H14FN5O. The first-order chi connectivity index (χ1) is 12.2. The Hall–Kier alpha value is -3.35. The van der Waals surface area contributed by atoms with Gasteiger partial charge >= 0.3 is 0 Å². The molecule has 0 atom stereocenters. The van der Waals surface area contributed by atoms with Gasteiger partial charge in [0.1, 0.15) is 5.82 Å². The summed E-state index contributed by atoms with van der Waals surface area (Å²) in [7, 11) is 0. The van der Waals surface area contributed by atoms with Gasteiger partial charge in [-0.3, -0.25) is 0 Å². The molecule has 0 spiro atoms. The van der Waals surface area contributed by atoms with E-state index in [1.54, 1.807) is 10.7 Å². The molecule has 124 valence electrons. The SMILES string of the molecule is Cc1c(-c2noc(-c3ccccc3)n2)nnn1Cc1cccc(F)c1. The predicted octanol–water partition coefficient (Wildman–Crippen LogP) is 3.49. The summed E-state index contributed by atoms with van der Waals surface area (Å²) >= 11 is 0. The molecule has 0 unspecified atom stereocenters. The zero-order chi connectivity index (χ0) is 17.2. The van der Waals surface area contributed by atoms with Gasteiger partial charge in [0, 0.05) is 5.56 Å². The van der Waals surface area contributed by atoms with Crippen molar-refractivity contribution in [3.8, 4) is 23.0 Å². The molecule has 7 heteroatoms. The van der Waals surface area contributed by atoms with Gasteiger partial charge in [-0.15, -0.1) is 5.10 Å². The molecule has 25 heavy (non-hydrogen) atoms. The number of aromatic nitrogens is 5. The largest absolute Gasteiger partial charge is 0.334 e. The lowest BCUT2D eigenvalue weighted by Crippen LogP contribution is -2.04. The van der Waals surface area contributed by atoms with Crippen LogP contribution < -0.4 is 0 Å². The quantitative estimate of drug-likeness (QED) is 0.571. The second-order valence-corrected chi connectivity index (χ2v) is 5.60. The summed E-state index contributed by atoms with van der Waals surface area (Å²) in [6.45, 7) is 2.28. The summed E-state index contributed by atoms with van der Waals surface area (Å²) in [5.41, 5.74) is 2.97. The van der Waals surface area contributed by atoms with E-state index < -0.39 is 0 Å². The van der Waals surface area contributed by atoms with Crippen molar-refractivity contribution in [1.29, 1.82) is 0 Å². The van der Waals surface area contributed by atoms with Crippen molar-refractivity contribution in [2.75, 3.05) is 0 Å². The van der Waals surface area contributed by atoms with Gasteiger partial charge in [-0.1, -0.05) is 40.7 Å². The van der Waals surface area contributed by atoms with E-state index in [-0.39, 0.29) is 5.82 Å². The van der Waals surface area contributed by atoms with Gasteiger partial charge in [0.2, 0.25) is 5.82 Å². The Bertz CT molecular complexity index is 1010. The van der Waals surface area contributed by atoms with E-state index in [1.807, 2.05) is 43.3 Å². The zero-order valence-corrected chi connectivity index (χ0v) is 13.4. The third-order valence-corrected chi connectivity index (χ3v) is 3.86. The lowest BCUT2D eigenvalue weighted by molar-refractivity contribution is 0.432. The molecule has 0 aliphatic heterocycles. The van der Waals surface area contributed by atoms with Crippen molar-refractivity contribution in [3.63, 3.8) is 0 Å². The Morgan fingerprint density at radius 2 is 1.92 bits per heavy atom. The molecule has 0 aliphatic carbocycles. The number of hydrogen-bond donors (Lipinski definition) is 0. The minimum atomic E-state index is -0.277. The molecule has 0 radical (unpaired) electrons. The highest BCUT2D eigenvalue weighted by Gasteiger charge is 2.17. The Morgan fingerprint density at radius 1 is 1.08 bits per heavy atom. The highest BCUT2D eigenvalue weighted by atomic mass is 19.1. The smallest absolute Gasteiger partial charge is 0.258 e. The highest BCUT2D eigenvalue weighted by Crippen LogP contribution is 2.23. The first-order valence-corrected chi connectivity index (χ1v) is 7.75. The summed E-state index contributed by atoms with van der Waals surface area (Å²) in [6, 6.07) is 15.9. The third-order valence-electron chi connectivity index (χ3n) is 3.86. The van der Waals surface area contributed by atoms with Gasteiger partial charge in [0.05, 0.1) is 12.2 Å². The second-order valence-electron chi connectivity index (χ2n) is 5.60. The van der Waals surface area contributed by atoms with Crippen molar-refractivity contribution in [1.82, 2.24) is 25.1 Å². The number of halogens is 1. The van der Waals surface area contributed by atoms with Gasteiger partial charge in [-0.05, 0) is 36.8 Å². The van der Waals surface area contributed by atoms with Crippen LogP contribution in [0.5, 0.6) is 0 Å². The van der Waals surface area contributed by atoms with Crippen LogP contribution in [-0.4, -0.2) is 25.1 Å². The van der Waals surface area contributed by atoms with E-state index in [4.69, 9.17) is 4.52 Å². The van der Waals surface area contributed by atoms with Crippen LogP contribution in [0.4, 0.5) is 4.39 Å². The van der Waals surface area contributed by atoms with E-state index in [9.17, 15) is 4.39 Å². The Balaban J connectivity index is 1.62. The van der Waals surface area contributed by atoms with Crippen LogP contribution in [-0.2, 0) is 6.54 Å². The number of benzene rings is 2. The van der Waals surface area contributed by atoms with Gasteiger partial charge < -0.3 is 4.52 Å². The Kier molecular flexibility index (Phi) is 3.81. The van der Waals surface area contributed by atoms with Gasteiger partial charge in [0.15, 0.2) is 5.69 Å². The van der Waals surface area contributed by atoms with Gasteiger partial charge in [-0.2, -0.15) is 4.98 Å². The second kappa shape index (κ2) is 6.27. The average molecular weight is 335 g/mol. The average Bonchev–Trinajstić information content (AvgIpc) is 3.24. The molecule has 4 aromatic rings. The molecule has 0 aliphatic rings. The monoisotopic (exact) mass is 335 g/mol. The van der Waals surface area contributed by atoms with Crippen LogP contribution >= 0.6 is 0 Å². The van der Waals surface area contributed by atoms with Crippen molar-refractivity contribution >= 4 is 0 Å². The Labute approximate surface area is 142 Å². The van der Waals surface area contributed by atoms with Crippen LogP contribution in [0.3, 0.4) is 0 Å². The standard InChI is InChI=1S/C18H14FN5O/c1-12-16(17-20-18(25-22-17)14-7-3-2-4-8-14)21-23-24(12)11-13-6-5-9-15(19)10-13/h2-10H,11H2,1H3. The van der Waals surface area contributed by atoms with Gasteiger partial charge in [-0.25, -0.2) is 9.07 Å². The summed E-state index contributed by atoms with van der Waals surface area (Å²) in [6.07, 6.45) is 0. The van der Waals surface area contributed by atoms with Crippen LogP contribution in [0.2, 0.25) is 0 Å². The van der Waals surface area contributed by atoms with Crippen LogP contribution in [0.25, 0.3) is 23.0 Å². The zero-order valence-electron chi connectivity index (χ0n) is 13.4. The summed E-state index contributed by atoms with van der Waals surface area (Å²) in [5.74, 6) is 0.526. The molecule has 0 saturated heterocycles. The third kappa shape index (κ3) is 3.03. The normalized spacial score (nSPS) is 11.0. The molecule has 2 aromatic heterocycles. The maximum atomic E-state index is 13.3. The van der Waals surface area contributed by atoms with Crippen LogP contribution in [0.1, 0.15) is 11.3 Å². The minimum Gasteiger partial charge on any atom is -0.334 e. The van der Waals surface area contributed by atoms with Crippen molar-refractivity contribution in [2.45, 2.75) is 13.5 Å². The minimum absolute atomic E-state index is 0.277. The number of rotatable bonds is 4. The fourth-order valence-corrected chi connectivity index (χ4v) is 2.54. The molecule has 0 N–H and O–H groups in total. The van der Waals surface area contributed by atoms with Crippen LogP contribution in [0.15, 0.2) is 59.1 Å². The van der Waals surface area contributed by atoms with Crippen molar-refractivity contribution in [2.24, 2.45) is 0 Å². The first kappa shape index (κ1) is 15.2. The maximum Gasteiger partial charge on any atom is 0.258 e. The maximum absolute atomic E-state index is 13.3.